The molecule has 3 rings (SSSR count). The number of hydrogen-bond acceptors (Lipinski definition) is 5. The van der Waals surface area contributed by atoms with Crippen LogP contribution in [0.25, 0.3) is 0 Å². The molecule has 6 heteroatoms. The van der Waals surface area contributed by atoms with E-state index in [4.69, 9.17) is 14.3 Å². The van der Waals surface area contributed by atoms with Gasteiger partial charge in [0.2, 0.25) is 0 Å². The number of carbonyl (C=O) groups excluding carboxylic acids is 1. The van der Waals surface area contributed by atoms with E-state index in [1.54, 1.807) is 6.07 Å². The van der Waals surface area contributed by atoms with Crippen LogP contribution in [0.5, 0.6) is 5.75 Å². The molecule has 1 aromatic heterocycles. The van der Waals surface area contributed by atoms with Crippen molar-refractivity contribution in [3.63, 3.8) is 0 Å². The maximum absolute atomic E-state index is 12.3. The molecule has 0 aliphatic carbocycles. The lowest BCUT2D eigenvalue weighted by atomic mass is 10.1. The van der Waals surface area contributed by atoms with Crippen LogP contribution >= 0.6 is 0 Å². The van der Waals surface area contributed by atoms with Crippen LogP contribution in [-0.2, 0) is 17.9 Å². The number of ether oxygens (including phenoxy) is 1. The minimum Gasteiger partial charge on any atom is -0.477 e. The fraction of sp³-hybridized carbons (Fsp3) is 0.389. The highest BCUT2D eigenvalue weighted by Crippen LogP contribution is 2.34. The zero-order valence-corrected chi connectivity index (χ0v) is 13.7. The highest BCUT2D eigenvalue weighted by molar-refractivity contribution is 5.83. The lowest BCUT2D eigenvalue weighted by molar-refractivity contribution is -0.127. The number of hydrogen-bond donors (Lipinski definition) is 2. The number of amides is 1. The highest BCUT2D eigenvalue weighted by Gasteiger charge is 2.30. The number of rotatable bonds is 6. The van der Waals surface area contributed by atoms with Gasteiger partial charge in [-0.05, 0) is 30.7 Å². The predicted octanol–water partition coefficient (Wildman–Crippen LogP) is 2.07. The van der Waals surface area contributed by atoms with Crippen LogP contribution in [0.3, 0.4) is 0 Å². The summed E-state index contributed by atoms with van der Waals surface area (Å²) in [5.74, 6) is 1.86. The monoisotopic (exact) mass is 330 g/mol. The topological polar surface area (TPSA) is 74.9 Å². The molecule has 128 valence electrons. The van der Waals surface area contributed by atoms with E-state index in [1.807, 2.05) is 37.3 Å². The Morgan fingerprint density at radius 2 is 2.08 bits per heavy atom. The second kappa shape index (κ2) is 7.40. The molecule has 0 fully saturated rings. The van der Waals surface area contributed by atoms with Gasteiger partial charge in [0.1, 0.15) is 23.9 Å². The van der Waals surface area contributed by atoms with Gasteiger partial charge < -0.3 is 24.5 Å². The molecule has 0 radical (unpaired) electrons. The maximum Gasteiger partial charge on any atom is 0.262 e. The third-order valence-electron chi connectivity index (χ3n) is 3.92. The zero-order chi connectivity index (χ0) is 16.9. The second-order valence-corrected chi connectivity index (χ2v) is 5.77. The van der Waals surface area contributed by atoms with Gasteiger partial charge >= 0.3 is 0 Å². The van der Waals surface area contributed by atoms with Crippen LogP contribution in [-0.4, -0.2) is 30.2 Å². The average Bonchev–Trinajstić information content (AvgIpc) is 3.07. The lowest BCUT2D eigenvalue weighted by Gasteiger charge is -2.35. The van der Waals surface area contributed by atoms with Gasteiger partial charge in [0.15, 0.2) is 6.10 Å². The normalized spacial score (nSPS) is 16.4. The van der Waals surface area contributed by atoms with Crippen LogP contribution in [0.15, 0.2) is 40.8 Å². The van der Waals surface area contributed by atoms with Crippen molar-refractivity contribution in [3.05, 3.63) is 47.9 Å². The molecule has 1 amide bonds. The Hall–Kier alpha value is -2.47. The molecular formula is C18H22N2O4. The molecule has 2 N–H and O–H groups in total. The number of aliphatic hydroxyl groups excluding tert-OH is 1. The van der Waals surface area contributed by atoms with E-state index < -0.39 is 6.10 Å². The molecule has 0 spiro atoms. The first-order chi connectivity index (χ1) is 11.7. The van der Waals surface area contributed by atoms with Crippen LogP contribution in [0, 0.1) is 0 Å². The Morgan fingerprint density at radius 1 is 1.29 bits per heavy atom. The largest absolute Gasteiger partial charge is 0.477 e. The van der Waals surface area contributed by atoms with Gasteiger partial charge in [0.25, 0.3) is 5.91 Å². The van der Waals surface area contributed by atoms with Gasteiger partial charge in [0.05, 0.1) is 18.8 Å². The summed E-state index contributed by atoms with van der Waals surface area (Å²) in [7, 11) is 0. The average molecular weight is 330 g/mol. The van der Waals surface area contributed by atoms with Crippen molar-refractivity contribution in [1.82, 2.24) is 5.32 Å². The van der Waals surface area contributed by atoms with Crippen LogP contribution in [0.4, 0.5) is 5.69 Å². The van der Waals surface area contributed by atoms with E-state index in [1.165, 1.54) is 0 Å². The number of anilines is 1. The summed E-state index contributed by atoms with van der Waals surface area (Å²) in [4.78, 5) is 14.4. The number of nitrogens with zero attached hydrogens (tertiary/aromatic N) is 1. The van der Waals surface area contributed by atoms with Gasteiger partial charge in [-0.1, -0.05) is 19.1 Å². The fourth-order valence-corrected chi connectivity index (χ4v) is 2.74. The van der Waals surface area contributed by atoms with Crippen LogP contribution in [0.2, 0.25) is 0 Å². The van der Waals surface area contributed by atoms with Gasteiger partial charge in [0, 0.05) is 6.54 Å². The molecule has 2 aromatic rings. The Labute approximate surface area is 141 Å². The number of aliphatic hydroxyl groups is 1. The SMILES string of the molecule is CCCNC(=O)C1CN(Cc2ccc(CO)o2)c2ccccc2O1. The van der Waals surface area contributed by atoms with Gasteiger partial charge in [-0.2, -0.15) is 0 Å². The third-order valence-corrected chi connectivity index (χ3v) is 3.92. The van der Waals surface area contributed by atoms with E-state index >= 15 is 0 Å². The molecule has 1 aliphatic rings. The number of benzene rings is 1. The first kappa shape index (κ1) is 16.4. The van der Waals surface area contributed by atoms with Crippen molar-refractivity contribution in [2.24, 2.45) is 0 Å². The Kier molecular flexibility index (Phi) is 5.05. The molecule has 0 bridgehead atoms. The minimum atomic E-state index is -0.557. The summed E-state index contributed by atoms with van der Waals surface area (Å²) in [6.45, 7) is 3.49. The summed E-state index contributed by atoms with van der Waals surface area (Å²) in [6, 6.07) is 11.3. The van der Waals surface area contributed by atoms with Crippen LogP contribution in [0.1, 0.15) is 24.9 Å². The summed E-state index contributed by atoms with van der Waals surface area (Å²) in [6.07, 6.45) is 0.327. The molecule has 1 aromatic carbocycles. The van der Waals surface area contributed by atoms with E-state index in [-0.39, 0.29) is 12.5 Å². The van der Waals surface area contributed by atoms with Crippen molar-refractivity contribution in [3.8, 4) is 5.75 Å². The predicted molar refractivity (Wildman–Crippen MR) is 89.8 cm³/mol. The Balaban J connectivity index is 1.79. The molecule has 0 saturated heterocycles. The third kappa shape index (κ3) is 3.54. The number of para-hydroxylation sites is 2. The highest BCUT2D eigenvalue weighted by atomic mass is 16.5. The molecule has 1 atom stereocenters. The summed E-state index contributed by atoms with van der Waals surface area (Å²) in [5, 5.41) is 12.0. The minimum absolute atomic E-state index is 0.105. The van der Waals surface area contributed by atoms with Gasteiger partial charge in [-0.15, -0.1) is 0 Å². The lowest BCUT2D eigenvalue weighted by Crippen LogP contribution is -2.48. The van der Waals surface area contributed by atoms with E-state index in [0.29, 0.717) is 31.1 Å². The summed E-state index contributed by atoms with van der Waals surface area (Å²) >= 11 is 0. The summed E-state index contributed by atoms with van der Waals surface area (Å²) < 4.78 is 11.4. The van der Waals surface area contributed by atoms with Crippen molar-refractivity contribution in [2.75, 3.05) is 18.0 Å². The second-order valence-electron chi connectivity index (χ2n) is 5.77. The van der Waals surface area contributed by atoms with Gasteiger partial charge in [-0.3, -0.25) is 4.79 Å². The Bertz CT molecular complexity index is 698. The number of nitrogens with one attached hydrogen (secondary N) is 1. The number of fused-ring (bicyclic) bond motifs is 1. The molecule has 6 nitrogen and oxygen atoms in total. The van der Waals surface area contributed by atoms with Crippen molar-refractivity contribution >= 4 is 11.6 Å². The van der Waals surface area contributed by atoms with E-state index in [0.717, 1.165) is 17.9 Å². The first-order valence-corrected chi connectivity index (χ1v) is 8.18. The maximum atomic E-state index is 12.3. The van der Waals surface area contributed by atoms with Gasteiger partial charge in [-0.25, -0.2) is 0 Å². The summed E-state index contributed by atoms with van der Waals surface area (Å²) in [5.41, 5.74) is 0.930. The number of furan rings is 1. The van der Waals surface area contributed by atoms with Crippen LogP contribution < -0.4 is 15.0 Å². The standard InChI is InChI=1S/C18H22N2O4/c1-2-9-19-18(22)17-11-20(10-13-7-8-14(12-21)23-13)15-5-3-4-6-16(15)24-17/h3-8,17,21H,2,9-12H2,1H3,(H,19,22). The first-order valence-electron chi connectivity index (χ1n) is 8.18. The molecule has 1 aliphatic heterocycles. The van der Waals surface area contributed by atoms with Crippen molar-refractivity contribution in [2.45, 2.75) is 32.6 Å². The fourth-order valence-electron chi connectivity index (χ4n) is 2.74. The van der Waals surface area contributed by atoms with Crippen molar-refractivity contribution < 1.29 is 19.1 Å². The zero-order valence-electron chi connectivity index (χ0n) is 13.7. The molecule has 1 unspecified atom stereocenters. The molecule has 2 heterocycles. The Morgan fingerprint density at radius 3 is 2.83 bits per heavy atom. The van der Waals surface area contributed by atoms with E-state index in [9.17, 15) is 4.79 Å². The smallest absolute Gasteiger partial charge is 0.262 e. The van der Waals surface area contributed by atoms with E-state index in [2.05, 4.69) is 10.2 Å². The van der Waals surface area contributed by atoms with Crippen molar-refractivity contribution in [1.29, 1.82) is 0 Å². The molecule has 24 heavy (non-hydrogen) atoms. The molecule has 0 saturated carbocycles. The quantitative estimate of drug-likeness (QED) is 0.848. The molecular weight excluding hydrogens is 308 g/mol. The number of carbonyl (C=O) groups is 1.